The van der Waals surface area contributed by atoms with E-state index in [-0.39, 0.29) is 42.9 Å². The van der Waals surface area contributed by atoms with Crippen LogP contribution in [0.3, 0.4) is 0 Å². The average Bonchev–Trinajstić information content (AvgIpc) is 3.42. The van der Waals surface area contributed by atoms with E-state index in [0.29, 0.717) is 29.1 Å². The maximum absolute atomic E-state index is 13.1. The standard InChI is InChI=1S/C30H41N5O8S/c1-6-44(40,41)35-25(29(37)38)16-21-17-43-28(31-21)24(13-18(2)3)32-27(36)15-20-11-12-23(26(14-20)42-5)34-30(39)33-22-10-8-7-9-19(22)4/h7-12,14,18,21,24-25,35H,6,13,15-17H2,1-5H3,(H,32,36)(H,37,38)(H2,33,34,39). The number of aliphatic imine (C=N–C) groups is 1. The summed E-state index contributed by atoms with van der Waals surface area (Å²) in [6, 6.07) is 9.50. The molecule has 5 N–H and O–H groups in total. The number of para-hydroxylation sites is 1. The fourth-order valence-electron chi connectivity index (χ4n) is 4.58. The lowest BCUT2D eigenvalue weighted by Gasteiger charge is -2.20. The zero-order chi connectivity index (χ0) is 32.4. The minimum absolute atomic E-state index is 0.0111. The Morgan fingerprint density at radius 1 is 1.11 bits per heavy atom. The lowest BCUT2D eigenvalue weighted by atomic mass is 10.0. The summed E-state index contributed by atoms with van der Waals surface area (Å²) in [7, 11) is -2.27. The summed E-state index contributed by atoms with van der Waals surface area (Å²) >= 11 is 0. The van der Waals surface area contributed by atoms with E-state index in [9.17, 15) is 27.9 Å². The number of aryl methyl sites for hydroxylation is 1. The van der Waals surface area contributed by atoms with Crippen LogP contribution in [0.5, 0.6) is 5.75 Å². The summed E-state index contributed by atoms with van der Waals surface area (Å²) in [6.45, 7) is 7.35. The van der Waals surface area contributed by atoms with Gasteiger partial charge in [-0.1, -0.05) is 38.1 Å². The predicted octanol–water partition coefficient (Wildman–Crippen LogP) is 3.30. The number of anilines is 2. The molecule has 1 aliphatic rings. The van der Waals surface area contributed by atoms with Crippen molar-refractivity contribution in [1.82, 2.24) is 10.0 Å². The third-order valence-electron chi connectivity index (χ3n) is 6.85. The van der Waals surface area contributed by atoms with Crippen LogP contribution in [0.15, 0.2) is 47.5 Å². The number of methoxy groups -OCH3 is 1. The van der Waals surface area contributed by atoms with Crippen molar-refractivity contribution in [3.8, 4) is 5.75 Å². The molecule has 2 aromatic rings. The maximum atomic E-state index is 13.1. The van der Waals surface area contributed by atoms with Crippen LogP contribution in [-0.2, 0) is 30.8 Å². The number of sulfonamides is 1. The van der Waals surface area contributed by atoms with E-state index in [1.807, 2.05) is 39.0 Å². The van der Waals surface area contributed by atoms with Crippen molar-refractivity contribution < 1.29 is 37.4 Å². The molecule has 14 heteroatoms. The van der Waals surface area contributed by atoms with E-state index in [2.05, 4.69) is 25.7 Å². The highest BCUT2D eigenvalue weighted by Gasteiger charge is 2.32. The first kappa shape index (κ1) is 34.3. The van der Waals surface area contributed by atoms with E-state index in [1.54, 1.807) is 24.3 Å². The van der Waals surface area contributed by atoms with Crippen LogP contribution >= 0.6 is 0 Å². The number of ether oxygens (including phenoxy) is 2. The number of aliphatic carboxylic acids is 1. The van der Waals surface area contributed by atoms with Gasteiger partial charge in [0.05, 0.1) is 31.0 Å². The molecular weight excluding hydrogens is 590 g/mol. The molecule has 0 saturated carbocycles. The van der Waals surface area contributed by atoms with Gasteiger partial charge < -0.3 is 30.5 Å². The Kier molecular flexibility index (Phi) is 12.1. The normalized spacial score (nSPS) is 16.0. The molecule has 3 atom stereocenters. The smallest absolute Gasteiger partial charge is 0.323 e. The summed E-state index contributed by atoms with van der Waals surface area (Å²) < 4.78 is 37.2. The molecule has 3 unspecified atom stereocenters. The van der Waals surface area contributed by atoms with Crippen LogP contribution in [0.2, 0.25) is 0 Å². The summed E-state index contributed by atoms with van der Waals surface area (Å²) in [4.78, 5) is 41.8. The molecule has 13 nitrogen and oxygen atoms in total. The molecular formula is C30H41N5O8S. The Morgan fingerprint density at radius 2 is 1.82 bits per heavy atom. The molecule has 3 amide bonds. The van der Waals surface area contributed by atoms with E-state index in [0.717, 1.165) is 5.56 Å². The number of amides is 3. The van der Waals surface area contributed by atoms with Crippen molar-refractivity contribution in [1.29, 1.82) is 0 Å². The lowest BCUT2D eigenvalue weighted by Crippen LogP contribution is -2.43. The van der Waals surface area contributed by atoms with Crippen molar-refractivity contribution in [2.75, 3.05) is 30.1 Å². The summed E-state index contributed by atoms with van der Waals surface area (Å²) in [5.74, 6) is -1.03. The number of hydrogen-bond donors (Lipinski definition) is 5. The average molecular weight is 632 g/mol. The molecule has 0 bridgehead atoms. The number of nitrogens with zero attached hydrogens (tertiary/aromatic N) is 1. The topological polar surface area (TPSA) is 185 Å². The first-order chi connectivity index (χ1) is 20.8. The SMILES string of the molecule is CCS(=O)(=O)NC(CC1COC(C(CC(C)C)NC(=O)Cc2ccc(NC(=O)Nc3ccccc3C)c(OC)c2)=N1)C(=O)O. The van der Waals surface area contributed by atoms with Gasteiger partial charge in [0.1, 0.15) is 24.4 Å². The molecule has 0 spiro atoms. The Morgan fingerprint density at radius 3 is 2.45 bits per heavy atom. The maximum Gasteiger partial charge on any atom is 0.323 e. The van der Waals surface area contributed by atoms with Gasteiger partial charge in [-0.25, -0.2) is 22.9 Å². The molecule has 0 aliphatic carbocycles. The molecule has 44 heavy (non-hydrogen) atoms. The third kappa shape index (κ3) is 10.2. The number of carbonyl (C=O) groups excluding carboxylic acids is 2. The van der Waals surface area contributed by atoms with E-state index < -0.39 is 40.1 Å². The van der Waals surface area contributed by atoms with E-state index >= 15 is 0 Å². The second kappa shape index (κ2) is 15.5. The highest BCUT2D eigenvalue weighted by Crippen LogP contribution is 2.26. The van der Waals surface area contributed by atoms with Gasteiger partial charge in [-0.05, 0) is 55.5 Å². The molecule has 0 radical (unpaired) electrons. The molecule has 0 aromatic heterocycles. The zero-order valence-corrected chi connectivity index (χ0v) is 26.4. The number of carbonyl (C=O) groups is 3. The van der Waals surface area contributed by atoms with Gasteiger partial charge in [0.15, 0.2) is 0 Å². The van der Waals surface area contributed by atoms with Gasteiger partial charge >= 0.3 is 12.0 Å². The highest BCUT2D eigenvalue weighted by atomic mass is 32.2. The molecule has 3 rings (SSSR count). The van der Waals surface area contributed by atoms with Crippen LogP contribution in [0.1, 0.15) is 44.7 Å². The summed E-state index contributed by atoms with van der Waals surface area (Å²) in [5, 5.41) is 18.0. The number of carboxylic acids is 1. The molecule has 1 aliphatic heterocycles. The van der Waals surface area contributed by atoms with E-state index in [1.165, 1.54) is 14.0 Å². The van der Waals surface area contributed by atoms with Crippen molar-refractivity contribution in [3.63, 3.8) is 0 Å². The number of urea groups is 1. The van der Waals surface area contributed by atoms with Crippen LogP contribution in [0.4, 0.5) is 16.2 Å². The van der Waals surface area contributed by atoms with Crippen LogP contribution in [0.25, 0.3) is 0 Å². The summed E-state index contributed by atoms with van der Waals surface area (Å²) in [6.07, 6.45) is 0.436. The largest absolute Gasteiger partial charge is 0.495 e. The molecule has 0 saturated heterocycles. The lowest BCUT2D eigenvalue weighted by molar-refractivity contribution is -0.139. The second-order valence-corrected chi connectivity index (χ2v) is 13.0. The first-order valence-electron chi connectivity index (χ1n) is 14.3. The Labute approximate surface area is 257 Å². The van der Waals surface area contributed by atoms with Gasteiger partial charge in [-0.3, -0.25) is 9.59 Å². The molecule has 240 valence electrons. The molecule has 1 heterocycles. The summed E-state index contributed by atoms with van der Waals surface area (Å²) in [5.41, 5.74) is 2.67. The van der Waals surface area contributed by atoms with Crippen LogP contribution in [0, 0.1) is 12.8 Å². The quantitative estimate of drug-likeness (QED) is 0.198. The number of nitrogens with one attached hydrogen (secondary N) is 4. The Balaban J connectivity index is 1.65. The van der Waals surface area contributed by atoms with E-state index in [4.69, 9.17) is 9.47 Å². The highest BCUT2D eigenvalue weighted by molar-refractivity contribution is 7.89. The second-order valence-electron chi connectivity index (χ2n) is 10.9. The van der Waals surface area contributed by atoms with Crippen LogP contribution in [-0.4, -0.2) is 74.9 Å². The van der Waals surface area contributed by atoms with Gasteiger partial charge in [0, 0.05) is 12.1 Å². The monoisotopic (exact) mass is 631 g/mol. The molecule has 0 fully saturated rings. The van der Waals surface area contributed by atoms with Crippen molar-refractivity contribution in [2.45, 2.75) is 65.1 Å². The first-order valence-corrected chi connectivity index (χ1v) is 16.0. The fraction of sp³-hybridized carbons (Fsp3) is 0.467. The van der Waals surface area contributed by atoms with Gasteiger partial charge in [0.25, 0.3) is 0 Å². The Hall–Kier alpha value is -4.17. The zero-order valence-electron chi connectivity index (χ0n) is 25.5. The number of benzene rings is 2. The van der Waals surface area contributed by atoms with Gasteiger partial charge in [0.2, 0.25) is 21.8 Å². The minimum atomic E-state index is -3.74. The number of carboxylic acid groups (broad SMARTS) is 1. The molecule has 2 aromatic carbocycles. The predicted molar refractivity (Wildman–Crippen MR) is 168 cm³/mol. The van der Waals surface area contributed by atoms with Gasteiger partial charge in [-0.15, -0.1) is 0 Å². The third-order valence-corrected chi connectivity index (χ3v) is 8.26. The number of rotatable bonds is 15. The fourth-order valence-corrected chi connectivity index (χ4v) is 5.38. The van der Waals surface area contributed by atoms with Crippen molar-refractivity contribution in [2.24, 2.45) is 10.9 Å². The van der Waals surface area contributed by atoms with Crippen molar-refractivity contribution >= 4 is 45.2 Å². The van der Waals surface area contributed by atoms with Gasteiger partial charge in [-0.2, -0.15) is 0 Å². The Bertz CT molecular complexity index is 1480. The minimum Gasteiger partial charge on any atom is -0.495 e. The van der Waals surface area contributed by atoms with Crippen molar-refractivity contribution in [3.05, 3.63) is 53.6 Å². The number of hydrogen-bond acceptors (Lipinski definition) is 8. The van der Waals surface area contributed by atoms with Crippen LogP contribution < -0.4 is 25.4 Å².